The second-order valence-corrected chi connectivity index (χ2v) is 7.71. The van der Waals surface area contributed by atoms with E-state index in [1.54, 1.807) is 43.3 Å². The van der Waals surface area contributed by atoms with Gasteiger partial charge in [0.15, 0.2) is 0 Å². The van der Waals surface area contributed by atoms with Crippen LogP contribution in [0, 0.1) is 6.92 Å². The summed E-state index contributed by atoms with van der Waals surface area (Å²) in [6.45, 7) is 1.70. The van der Waals surface area contributed by atoms with Crippen LogP contribution in [0.1, 0.15) is 5.69 Å². The Balaban J connectivity index is 1.92. The Hall–Kier alpha value is -3.14. The summed E-state index contributed by atoms with van der Waals surface area (Å²) in [4.78, 5) is 9.97. The molecule has 0 spiro atoms. The third-order valence-corrected chi connectivity index (χ3v) is 5.08. The van der Waals surface area contributed by atoms with E-state index < -0.39 is 10.0 Å². The van der Waals surface area contributed by atoms with Gasteiger partial charge in [-0.1, -0.05) is 0 Å². The zero-order valence-corrected chi connectivity index (χ0v) is 16.2. The summed E-state index contributed by atoms with van der Waals surface area (Å²) >= 11 is 0. The average Bonchev–Trinajstić information content (AvgIpc) is 2.89. The molecule has 0 aromatic carbocycles. The predicted octanol–water partition coefficient (Wildman–Crippen LogP) is 2.18. The van der Waals surface area contributed by atoms with Crippen LogP contribution in [0.4, 0.5) is 11.5 Å². The van der Waals surface area contributed by atoms with Gasteiger partial charge in [-0.3, -0.25) is 9.71 Å². The zero-order chi connectivity index (χ0) is 19.6. The van der Waals surface area contributed by atoms with Crippen LogP contribution in [-0.4, -0.2) is 42.3 Å². The first-order valence-corrected chi connectivity index (χ1v) is 9.54. The lowest BCUT2D eigenvalue weighted by Gasteiger charge is -2.13. The van der Waals surface area contributed by atoms with Gasteiger partial charge < -0.3 is 9.64 Å². The number of aromatic nitrogens is 4. The van der Waals surface area contributed by atoms with E-state index in [2.05, 4.69) is 19.8 Å². The summed E-state index contributed by atoms with van der Waals surface area (Å²) in [6.07, 6.45) is 4.46. The van der Waals surface area contributed by atoms with Crippen molar-refractivity contribution in [3.63, 3.8) is 0 Å². The molecule has 0 bridgehead atoms. The first-order valence-electron chi connectivity index (χ1n) is 8.05. The second-order valence-electron chi connectivity index (χ2n) is 6.03. The smallest absolute Gasteiger partial charge is 0.263 e. The Morgan fingerprint density at radius 2 is 1.96 bits per heavy atom. The molecule has 3 aromatic rings. The standard InChI is InChI=1S/C17H20N6O3S/c1-12-16(17(23(4)20-12)26-13-6-5-9-18-10-13)21-27(24,25)14-7-8-15(19-11-14)22(2)3/h5-11,21H,1-4H3. The van der Waals surface area contributed by atoms with Crippen LogP contribution in [0.2, 0.25) is 0 Å². The fourth-order valence-corrected chi connectivity index (χ4v) is 3.44. The van der Waals surface area contributed by atoms with Crippen LogP contribution in [-0.2, 0) is 17.1 Å². The van der Waals surface area contributed by atoms with Gasteiger partial charge in [0.25, 0.3) is 10.0 Å². The van der Waals surface area contributed by atoms with Crippen molar-refractivity contribution in [1.82, 2.24) is 19.7 Å². The maximum Gasteiger partial charge on any atom is 0.263 e. The van der Waals surface area contributed by atoms with Crippen LogP contribution >= 0.6 is 0 Å². The van der Waals surface area contributed by atoms with Crippen molar-refractivity contribution >= 4 is 21.5 Å². The second kappa shape index (κ2) is 7.23. The van der Waals surface area contributed by atoms with E-state index >= 15 is 0 Å². The van der Waals surface area contributed by atoms with E-state index in [-0.39, 0.29) is 16.5 Å². The topological polar surface area (TPSA) is 102 Å². The molecule has 0 amide bonds. The van der Waals surface area contributed by atoms with E-state index in [4.69, 9.17) is 4.74 Å². The Morgan fingerprint density at radius 1 is 1.19 bits per heavy atom. The molecule has 0 radical (unpaired) electrons. The molecule has 3 heterocycles. The normalized spacial score (nSPS) is 11.3. The Labute approximate surface area is 157 Å². The minimum absolute atomic E-state index is 0.0451. The number of sulfonamides is 1. The number of hydrogen-bond acceptors (Lipinski definition) is 7. The van der Waals surface area contributed by atoms with Gasteiger partial charge in [-0.25, -0.2) is 18.1 Å². The van der Waals surface area contributed by atoms with E-state index in [0.29, 0.717) is 17.3 Å². The molecule has 27 heavy (non-hydrogen) atoms. The maximum atomic E-state index is 12.8. The minimum atomic E-state index is -3.86. The molecular formula is C17H20N6O3S. The highest BCUT2D eigenvalue weighted by Crippen LogP contribution is 2.33. The third kappa shape index (κ3) is 4.00. The molecule has 10 heteroatoms. The summed E-state index contributed by atoms with van der Waals surface area (Å²) in [5, 5.41) is 4.24. The summed E-state index contributed by atoms with van der Waals surface area (Å²) in [5.41, 5.74) is 0.746. The first-order chi connectivity index (χ1) is 12.8. The van der Waals surface area contributed by atoms with Gasteiger partial charge in [-0.2, -0.15) is 5.10 Å². The Kier molecular flexibility index (Phi) is 5.00. The largest absolute Gasteiger partial charge is 0.436 e. The van der Waals surface area contributed by atoms with Crippen molar-refractivity contribution in [3.05, 3.63) is 48.5 Å². The van der Waals surface area contributed by atoms with Gasteiger partial charge in [-0.05, 0) is 31.2 Å². The predicted molar refractivity (Wildman–Crippen MR) is 102 cm³/mol. The van der Waals surface area contributed by atoms with Crippen molar-refractivity contribution in [2.75, 3.05) is 23.7 Å². The molecule has 0 fully saturated rings. The van der Waals surface area contributed by atoms with E-state index in [0.717, 1.165) is 0 Å². The third-order valence-electron chi connectivity index (χ3n) is 3.74. The molecule has 0 aliphatic rings. The van der Waals surface area contributed by atoms with Crippen LogP contribution < -0.4 is 14.4 Å². The van der Waals surface area contributed by atoms with Crippen molar-refractivity contribution in [2.24, 2.45) is 7.05 Å². The van der Waals surface area contributed by atoms with Gasteiger partial charge >= 0.3 is 0 Å². The summed E-state index contributed by atoms with van der Waals surface area (Å²) in [7, 11) is 1.47. The van der Waals surface area contributed by atoms with Crippen molar-refractivity contribution < 1.29 is 13.2 Å². The number of pyridine rings is 2. The van der Waals surface area contributed by atoms with Crippen molar-refractivity contribution in [3.8, 4) is 11.6 Å². The van der Waals surface area contributed by atoms with Gasteiger partial charge in [0.05, 0.1) is 11.9 Å². The lowest BCUT2D eigenvalue weighted by molar-refractivity contribution is 0.430. The van der Waals surface area contributed by atoms with Gasteiger partial charge in [0.2, 0.25) is 5.88 Å². The van der Waals surface area contributed by atoms with Crippen molar-refractivity contribution in [2.45, 2.75) is 11.8 Å². The number of hydrogen-bond donors (Lipinski definition) is 1. The quantitative estimate of drug-likeness (QED) is 0.690. The van der Waals surface area contributed by atoms with Crippen LogP contribution in [0.5, 0.6) is 11.6 Å². The molecule has 3 rings (SSSR count). The number of nitrogens with zero attached hydrogens (tertiary/aromatic N) is 5. The number of nitrogens with one attached hydrogen (secondary N) is 1. The molecule has 0 aliphatic carbocycles. The highest BCUT2D eigenvalue weighted by molar-refractivity contribution is 7.92. The van der Waals surface area contributed by atoms with Crippen LogP contribution in [0.15, 0.2) is 47.8 Å². The van der Waals surface area contributed by atoms with E-state index in [1.165, 1.54) is 23.1 Å². The molecule has 0 atom stereocenters. The molecule has 1 N–H and O–H groups in total. The van der Waals surface area contributed by atoms with Gasteiger partial charge in [0.1, 0.15) is 22.2 Å². The monoisotopic (exact) mass is 388 g/mol. The lowest BCUT2D eigenvalue weighted by Crippen LogP contribution is -2.15. The highest BCUT2D eigenvalue weighted by atomic mass is 32.2. The van der Waals surface area contributed by atoms with E-state index in [9.17, 15) is 8.42 Å². The van der Waals surface area contributed by atoms with Gasteiger partial charge in [-0.15, -0.1) is 0 Å². The van der Waals surface area contributed by atoms with Crippen molar-refractivity contribution in [1.29, 1.82) is 0 Å². The first kappa shape index (κ1) is 18.6. The number of rotatable bonds is 6. The summed E-state index contributed by atoms with van der Waals surface area (Å²) < 4.78 is 35.4. The average molecular weight is 388 g/mol. The van der Waals surface area contributed by atoms with Crippen LogP contribution in [0.3, 0.4) is 0 Å². The van der Waals surface area contributed by atoms with Crippen LogP contribution in [0.25, 0.3) is 0 Å². The number of aryl methyl sites for hydroxylation is 2. The summed E-state index contributed by atoms with van der Waals surface area (Å²) in [6, 6.07) is 6.58. The molecule has 0 saturated carbocycles. The SMILES string of the molecule is Cc1nn(C)c(Oc2cccnc2)c1NS(=O)(=O)c1ccc(N(C)C)nc1. The van der Waals surface area contributed by atoms with E-state index in [1.807, 2.05) is 14.1 Å². The molecule has 9 nitrogen and oxygen atoms in total. The molecule has 0 saturated heterocycles. The molecular weight excluding hydrogens is 368 g/mol. The Bertz CT molecular complexity index is 1030. The molecule has 3 aromatic heterocycles. The highest BCUT2D eigenvalue weighted by Gasteiger charge is 2.23. The lowest BCUT2D eigenvalue weighted by atomic mass is 10.4. The fraction of sp³-hybridized carbons (Fsp3) is 0.235. The maximum absolute atomic E-state index is 12.8. The van der Waals surface area contributed by atoms with Gasteiger partial charge in [0, 0.05) is 33.5 Å². The molecule has 142 valence electrons. The Morgan fingerprint density at radius 3 is 2.56 bits per heavy atom. The molecule has 0 aliphatic heterocycles. The summed E-state index contributed by atoms with van der Waals surface area (Å²) in [5.74, 6) is 1.40. The molecule has 0 unspecified atom stereocenters. The zero-order valence-electron chi connectivity index (χ0n) is 15.4. The minimum Gasteiger partial charge on any atom is -0.436 e. The number of anilines is 2. The number of ether oxygens (including phenoxy) is 1. The fourth-order valence-electron chi connectivity index (χ4n) is 2.38.